The van der Waals surface area contributed by atoms with Crippen LogP contribution in [0.4, 0.5) is 0 Å². The third-order valence-electron chi connectivity index (χ3n) is 5.32. The molecule has 1 aliphatic rings. The molecule has 126 valence electrons. The molecule has 3 heterocycles. The summed E-state index contributed by atoms with van der Waals surface area (Å²) in [5, 5.41) is 8.36. The van der Waals surface area contributed by atoms with E-state index < -0.39 is 0 Å². The molecule has 0 bridgehead atoms. The fourth-order valence-electron chi connectivity index (χ4n) is 4.09. The molecule has 4 nitrogen and oxygen atoms in total. The number of fused-ring (bicyclic) bond motifs is 6. The third-order valence-corrected chi connectivity index (χ3v) is 6.52. The van der Waals surface area contributed by atoms with Crippen LogP contribution in [0.2, 0.25) is 0 Å². The van der Waals surface area contributed by atoms with E-state index in [1.54, 1.807) is 6.33 Å². The normalized spacial score (nSPS) is 14.3. The Morgan fingerprint density at radius 1 is 0.962 bits per heavy atom. The van der Waals surface area contributed by atoms with Crippen molar-refractivity contribution >= 4 is 38.0 Å². The van der Waals surface area contributed by atoms with Crippen LogP contribution in [0.25, 0.3) is 38.0 Å². The van der Waals surface area contributed by atoms with Gasteiger partial charge in [0.05, 0.1) is 5.39 Å². The van der Waals surface area contributed by atoms with E-state index in [0.29, 0.717) is 0 Å². The molecule has 5 aromatic rings. The molecule has 0 N–H and O–H groups in total. The van der Waals surface area contributed by atoms with Gasteiger partial charge in [-0.05, 0) is 42.0 Å². The van der Waals surface area contributed by atoms with Crippen LogP contribution in [0.15, 0.2) is 48.8 Å². The first-order valence-electron chi connectivity index (χ1n) is 9.02. The van der Waals surface area contributed by atoms with Crippen molar-refractivity contribution < 1.29 is 0 Å². The largest absolute Gasteiger partial charge is 0.225 e. The van der Waals surface area contributed by atoms with Gasteiger partial charge in [0, 0.05) is 10.4 Å². The van der Waals surface area contributed by atoms with Gasteiger partial charge in [-0.2, -0.15) is 0 Å². The number of aromatic nitrogens is 4. The Morgan fingerprint density at radius 3 is 2.85 bits per heavy atom. The zero-order valence-electron chi connectivity index (χ0n) is 14.1. The molecule has 0 fully saturated rings. The van der Waals surface area contributed by atoms with Crippen LogP contribution in [-0.2, 0) is 12.8 Å². The van der Waals surface area contributed by atoms with E-state index in [2.05, 4.69) is 47.4 Å². The van der Waals surface area contributed by atoms with E-state index in [9.17, 15) is 0 Å². The first kappa shape index (κ1) is 14.4. The van der Waals surface area contributed by atoms with E-state index in [4.69, 9.17) is 10.1 Å². The Bertz CT molecular complexity index is 1290. The number of hydrogen-bond acceptors (Lipinski definition) is 4. The van der Waals surface area contributed by atoms with Gasteiger partial charge in [-0.1, -0.05) is 42.5 Å². The molecule has 6 rings (SSSR count). The summed E-state index contributed by atoms with van der Waals surface area (Å²) >= 11 is 1.83. The molecule has 0 unspecified atom stereocenters. The van der Waals surface area contributed by atoms with Crippen LogP contribution in [-0.4, -0.2) is 19.6 Å². The second kappa shape index (κ2) is 5.35. The maximum Gasteiger partial charge on any atom is 0.182 e. The number of nitrogens with zero attached hydrogens (tertiary/aromatic N) is 4. The Morgan fingerprint density at radius 2 is 1.85 bits per heavy atom. The second-order valence-corrected chi connectivity index (χ2v) is 7.95. The summed E-state index contributed by atoms with van der Waals surface area (Å²) in [4.78, 5) is 12.2. The van der Waals surface area contributed by atoms with E-state index in [1.807, 2.05) is 15.9 Å². The summed E-state index contributed by atoms with van der Waals surface area (Å²) in [5.74, 6) is 0.770. The van der Waals surface area contributed by atoms with Gasteiger partial charge in [0.2, 0.25) is 0 Å². The number of rotatable bonds is 1. The highest BCUT2D eigenvalue weighted by Gasteiger charge is 2.21. The predicted molar refractivity (Wildman–Crippen MR) is 106 cm³/mol. The summed E-state index contributed by atoms with van der Waals surface area (Å²) in [6.45, 7) is 0. The molecule has 0 atom stereocenters. The number of thiophene rings is 1. The van der Waals surface area contributed by atoms with Crippen LogP contribution >= 0.6 is 11.3 Å². The average Bonchev–Trinajstić information content (AvgIpc) is 3.28. The number of hydrogen-bond donors (Lipinski definition) is 0. The van der Waals surface area contributed by atoms with Gasteiger partial charge in [-0.25, -0.2) is 14.5 Å². The van der Waals surface area contributed by atoms with Gasteiger partial charge >= 0.3 is 0 Å². The SMILES string of the molecule is c1ccc2c(-c3nc4c5c6c(sc5ncn4n3)CCCC6)cccc2c1. The highest BCUT2D eigenvalue weighted by molar-refractivity contribution is 7.19. The standard InChI is InChI=1S/C21H16N4S/c1-2-8-14-13(6-1)7-5-10-15(14)19-23-20-18-16-9-3-4-11-17(16)26-21(18)22-12-25(20)24-19/h1-2,5-8,10,12H,3-4,9,11H2. The number of aryl methyl sites for hydroxylation is 2. The minimum Gasteiger partial charge on any atom is -0.225 e. The molecule has 0 radical (unpaired) electrons. The molecule has 0 amide bonds. The van der Waals surface area contributed by atoms with Crippen molar-refractivity contribution in [2.45, 2.75) is 25.7 Å². The molecule has 26 heavy (non-hydrogen) atoms. The smallest absolute Gasteiger partial charge is 0.182 e. The minimum absolute atomic E-state index is 0.770. The molecular formula is C21H16N4S. The Balaban J connectivity index is 1.66. The lowest BCUT2D eigenvalue weighted by molar-refractivity contribution is 0.700. The summed E-state index contributed by atoms with van der Waals surface area (Å²) in [6, 6.07) is 14.7. The molecule has 3 aromatic heterocycles. The molecule has 0 saturated carbocycles. The lowest BCUT2D eigenvalue weighted by atomic mass is 9.97. The number of benzene rings is 2. The van der Waals surface area contributed by atoms with Crippen molar-refractivity contribution in [3.05, 3.63) is 59.2 Å². The maximum absolute atomic E-state index is 4.96. The zero-order chi connectivity index (χ0) is 17.1. The van der Waals surface area contributed by atoms with Gasteiger partial charge in [-0.3, -0.25) is 0 Å². The highest BCUT2D eigenvalue weighted by Crippen LogP contribution is 2.37. The van der Waals surface area contributed by atoms with Crippen LogP contribution in [0, 0.1) is 0 Å². The van der Waals surface area contributed by atoms with Gasteiger partial charge in [-0.15, -0.1) is 16.4 Å². The Kier molecular flexibility index (Phi) is 2.96. The van der Waals surface area contributed by atoms with Gasteiger partial charge in [0.1, 0.15) is 11.2 Å². The molecule has 2 aromatic carbocycles. The highest BCUT2D eigenvalue weighted by atomic mass is 32.1. The molecule has 0 spiro atoms. The van der Waals surface area contributed by atoms with Gasteiger partial charge in [0.25, 0.3) is 0 Å². The summed E-state index contributed by atoms with van der Waals surface area (Å²) < 4.78 is 1.85. The van der Waals surface area contributed by atoms with Crippen molar-refractivity contribution in [1.82, 2.24) is 19.6 Å². The molecule has 0 aliphatic heterocycles. The third kappa shape index (κ3) is 1.98. The van der Waals surface area contributed by atoms with Crippen LogP contribution in [0.1, 0.15) is 23.3 Å². The van der Waals surface area contributed by atoms with Crippen LogP contribution in [0.3, 0.4) is 0 Å². The first-order chi connectivity index (χ1) is 12.9. The van der Waals surface area contributed by atoms with Crippen molar-refractivity contribution in [2.75, 3.05) is 0 Å². The van der Waals surface area contributed by atoms with E-state index in [0.717, 1.165) is 28.3 Å². The Hall–Kier alpha value is -2.79. The predicted octanol–water partition coefficient (Wildman–Crippen LogP) is 5.04. The maximum atomic E-state index is 4.96. The fourth-order valence-corrected chi connectivity index (χ4v) is 5.31. The quantitative estimate of drug-likeness (QED) is 0.423. The molecular weight excluding hydrogens is 340 g/mol. The zero-order valence-corrected chi connectivity index (χ0v) is 15.0. The van der Waals surface area contributed by atoms with Crippen molar-refractivity contribution in [3.8, 4) is 11.4 Å². The van der Waals surface area contributed by atoms with Crippen molar-refractivity contribution in [3.63, 3.8) is 0 Å². The van der Waals surface area contributed by atoms with Crippen molar-refractivity contribution in [2.24, 2.45) is 0 Å². The summed E-state index contributed by atoms with van der Waals surface area (Å²) in [5.41, 5.74) is 3.47. The lowest BCUT2D eigenvalue weighted by Crippen LogP contribution is -1.99. The van der Waals surface area contributed by atoms with Gasteiger partial charge < -0.3 is 0 Å². The molecule has 1 aliphatic carbocycles. The fraction of sp³-hybridized carbons (Fsp3) is 0.190. The van der Waals surface area contributed by atoms with E-state index in [1.165, 1.54) is 45.9 Å². The molecule has 0 saturated heterocycles. The first-order valence-corrected chi connectivity index (χ1v) is 9.84. The second-order valence-electron chi connectivity index (χ2n) is 6.87. The van der Waals surface area contributed by atoms with E-state index >= 15 is 0 Å². The van der Waals surface area contributed by atoms with E-state index in [-0.39, 0.29) is 0 Å². The monoisotopic (exact) mass is 356 g/mol. The molecule has 5 heteroatoms. The lowest BCUT2D eigenvalue weighted by Gasteiger charge is -2.09. The van der Waals surface area contributed by atoms with Crippen molar-refractivity contribution in [1.29, 1.82) is 0 Å². The topological polar surface area (TPSA) is 43.1 Å². The Labute approximate surface area is 154 Å². The minimum atomic E-state index is 0.770. The summed E-state index contributed by atoms with van der Waals surface area (Å²) in [6.07, 6.45) is 6.65. The average molecular weight is 356 g/mol. The summed E-state index contributed by atoms with van der Waals surface area (Å²) in [7, 11) is 0. The van der Waals surface area contributed by atoms with Crippen LogP contribution < -0.4 is 0 Å². The van der Waals surface area contributed by atoms with Crippen LogP contribution in [0.5, 0.6) is 0 Å². The van der Waals surface area contributed by atoms with Gasteiger partial charge in [0.15, 0.2) is 11.5 Å².